The number of hydrogen-bond donors (Lipinski definition) is 0. The summed E-state index contributed by atoms with van der Waals surface area (Å²) in [5.41, 5.74) is 1.21. The Morgan fingerprint density at radius 1 is 0.968 bits per heavy atom. The van der Waals surface area contributed by atoms with Crippen molar-refractivity contribution >= 4 is 41.0 Å². The Labute approximate surface area is 186 Å². The molecular weight excluding hydrogens is 443 g/mol. The van der Waals surface area contributed by atoms with Gasteiger partial charge in [0.1, 0.15) is 11.5 Å². The van der Waals surface area contributed by atoms with E-state index in [9.17, 15) is 9.59 Å². The molecule has 2 heterocycles. The number of ether oxygens (including phenoxy) is 4. The van der Waals surface area contributed by atoms with Crippen LogP contribution >= 0.6 is 23.2 Å². The summed E-state index contributed by atoms with van der Waals surface area (Å²) in [5, 5.41) is 0.694. The molecule has 0 N–H and O–H groups in total. The summed E-state index contributed by atoms with van der Waals surface area (Å²) in [4.78, 5) is 25.1. The van der Waals surface area contributed by atoms with Crippen LogP contribution in [0.15, 0.2) is 60.4 Å². The minimum atomic E-state index is -0.580. The lowest BCUT2D eigenvalue weighted by atomic mass is 10.1. The third-order valence-corrected chi connectivity index (χ3v) is 5.56. The second-order valence-corrected chi connectivity index (χ2v) is 7.48. The average molecular weight is 455 g/mol. The van der Waals surface area contributed by atoms with Crippen LogP contribution in [0.1, 0.15) is 26.3 Å². The number of carbonyl (C=O) groups is 2. The van der Waals surface area contributed by atoms with Crippen molar-refractivity contribution in [2.24, 2.45) is 0 Å². The van der Waals surface area contributed by atoms with Gasteiger partial charge in [-0.3, -0.25) is 4.79 Å². The smallest absolute Gasteiger partial charge is 0.343 e. The van der Waals surface area contributed by atoms with Crippen molar-refractivity contribution in [2.45, 2.75) is 0 Å². The molecule has 3 aromatic rings. The Bertz CT molecular complexity index is 1280. The number of ketones is 1. The van der Waals surface area contributed by atoms with Crippen LogP contribution in [-0.2, 0) is 0 Å². The predicted molar refractivity (Wildman–Crippen MR) is 113 cm³/mol. The normalized spacial score (nSPS) is 15.0. The van der Waals surface area contributed by atoms with Crippen molar-refractivity contribution in [1.82, 2.24) is 0 Å². The predicted octanol–water partition coefficient (Wildman–Crippen LogP) is 5.56. The van der Waals surface area contributed by atoms with E-state index in [1.165, 1.54) is 18.2 Å². The van der Waals surface area contributed by atoms with Gasteiger partial charge in [0.2, 0.25) is 12.6 Å². The molecule has 0 aromatic heterocycles. The maximum Gasteiger partial charge on any atom is 0.343 e. The van der Waals surface area contributed by atoms with Crippen molar-refractivity contribution in [2.75, 3.05) is 6.79 Å². The van der Waals surface area contributed by atoms with Gasteiger partial charge in [-0.05, 0) is 48.0 Å². The number of benzene rings is 3. The third-order valence-electron chi connectivity index (χ3n) is 4.73. The average Bonchev–Trinajstić information content (AvgIpc) is 3.35. The second-order valence-electron chi connectivity index (χ2n) is 6.70. The molecule has 0 atom stereocenters. The van der Waals surface area contributed by atoms with Gasteiger partial charge in [-0.25, -0.2) is 4.79 Å². The fourth-order valence-electron chi connectivity index (χ4n) is 3.19. The van der Waals surface area contributed by atoms with E-state index >= 15 is 0 Å². The largest absolute Gasteiger partial charge is 0.454 e. The molecule has 2 aliphatic heterocycles. The van der Waals surface area contributed by atoms with Gasteiger partial charge in [0, 0.05) is 6.07 Å². The van der Waals surface area contributed by atoms with E-state index in [1.807, 2.05) is 0 Å². The van der Waals surface area contributed by atoms with Crippen LogP contribution in [-0.4, -0.2) is 18.5 Å². The summed E-state index contributed by atoms with van der Waals surface area (Å²) >= 11 is 12.2. The SMILES string of the molecule is O=C(Oc1ccc2c(c1)O/C(=C\c1cccc(Cl)c1Cl)C2=O)c1ccc2c(c1)OCO2. The summed E-state index contributed by atoms with van der Waals surface area (Å²) in [6.07, 6.45) is 1.52. The first-order valence-corrected chi connectivity index (χ1v) is 9.89. The maximum atomic E-state index is 12.7. The standard InChI is InChI=1S/C23H12Cl2O6/c24-16-3-1-2-12(21(16)25)8-20-22(26)15-6-5-14(10-18(15)31-20)30-23(27)13-4-7-17-19(9-13)29-11-28-17/h1-10H,11H2/b20-8-. The zero-order chi connectivity index (χ0) is 21.5. The van der Waals surface area contributed by atoms with Gasteiger partial charge in [-0.15, -0.1) is 0 Å². The quantitative estimate of drug-likeness (QED) is 0.293. The Kier molecular flexibility index (Phi) is 4.81. The Morgan fingerprint density at radius 2 is 1.81 bits per heavy atom. The molecule has 0 bridgehead atoms. The lowest BCUT2D eigenvalue weighted by Gasteiger charge is -2.06. The minimum absolute atomic E-state index is 0.0958. The maximum absolute atomic E-state index is 12.7. The second kappa shape index (κ2) is 7.65. The molecule has 6 nitrogen and oxygen atoms in total. The first-order valence-electron chi connectivity index (χ1n) is 9.14. The molecular formula is C23H12Cl2O6. The van der Waals surface area contributed by atoms with Crippen LogP contribution in [0, 0.1) is 0 Å². The van der Waals surface area contributed by atoms with Crippen LogP contribution < -0.4 is 18.9 Å². The Morgan fingerprint density at radius 3 is 2.68 bits per heavy atom. The fourth-order valence-corrected chi connectivity index (χ4v) is 3.56. The molecule has 0 saturated heterocycles. The van der Waals surface area contributed by atoms with Crippen molar-refractivity contribution in [3.8, 4) is 23.0 Å². The first kappa shape index (κ1) is 19.5. The lowest BCUT2D eigenvalue weighted by Crippen LogP contribution is -2.08. The summed E-state index contributed by atoms with van der Waals surface area (Å²) in [6, 6.07) is 14.4. The van der Waals surface area contributed by atoms with Crippen LogP contribution in [0.4, 0.5) is 0 Å². The van der Waals surface area contributed by atoms with Gasteiger partial charge in [-0.1, -0.05) is 35.3 Å². The van der Waals surface area contributed by atoms with Crippen molar-refractivity contribution in [3.63, 3.8) is 0 Å². The van der Waals surface area contributed by atoms with Gasteiger partial charge >= 0.3 is 5.97 Å². The van der Waals surface area contributed by atoms with Crippen LogP contribution in [0.25, 0.3) is 6.08 Å². The molecule has 0 amide bonds. The van der Waals surface area contributed by atoms with Crippen molar-refractivity contribution in [3.05, 3.63) is 87.1 Å². The van der Waals surface area contributed by atoms with Gasteiger partial charge in [-0.2, -0.15) is 0 Å². The molecule has 154 valence electrons. The van der Waals surface area contributed by atoms with E-state index in [2.05, 4.69) is 0 Å². The highest BCUT2D eigenvalue weighted by Gasteiger charge is 2.28. The van der Waals surface area contributed by atoms with Gasteiger partial charge < -0.3 is 18.9 Å². The van der Waals surface area contributed by atoms with Gasteiger partial charge in [0.05, 0.1) is 21.2 Å². The summed E-state index contributed by atoms with van der Waals surface area (Å²) in [7, 11) is 0. The monoisotopic (exact) mass is 454 g/mol. The number of rotatable bonds is 3. The highest BCUT2D eigenvalue weighted by molar-refractivity contribution is 6.43. The molecule has 0 spiro atoms. The molecule has 0 radical (unpaired) electrons. The number of allylic oxidation sites excluding steroid dienone is 1. The van der Waals surface area contributed by atoms with Crippen molar-refractivity contribution in [1.29, 1.82) is 0 Å². The molecule has 3 aromatic carbocycles. The first-order chi connectivity index (χ1) is 15.0. The zero-order valence-corrected chi connectivity index (χ0v) is 17.2. The highest BCUT2D eigenvalue weighted by Crippen LogP contribution is 2.37. The van der Waals surface area contributed by atoms with E-state index in [-0.39, 0.29) is 29.8 Å². The Hall–Kier alpha value is -3.48. The van der Waals surface area contributed by atoms with E-state index < -0.39 is 5.97 Å². The molecule has 0 saturated carbocycles. The molecule has 31 heavy (non-hydrogen) atoms. The number of carbonyl (C=O) groups excluding carboxylic acids is 2. The van der Waals surface area contributed by atoms with E-state index in [0.29, 0.717) is 38.2 Å². The highest BCUT2D eigenvalue weighted by atomic mass is 35.5. The van der Waals surface area contributed by atoms with Crippen molar-refractivity contribution < 1.29 is 28.5 Å². The zero-order valence-electron chi connectivity index (χ0n) is 15.7. The molecule has 8 heteroatoms. The molecule has 0 aliphatic carbocycles. The lowest BCUT2D eigenvalue weighted by molar-refractivity contribution is 0.0734. The number of Topliss-reactive ketones (excluding diaryl/α,β-unsaturated/α-hetero) is 1. The van der Waals surface area contributed by atoms with E-state index in [4.69, 9.17) is 42.1 Å². The third kappa shape index (κ3) is 3.60. The molecule has 2 aliphatic rings. The number of halogens is 2. The number of fused-ring (bicyclic) bond motifs is 2. The summed E-state index contributed by atoms with van der Waals surface area (Å²) in [6.45, 7) is 0.111. The van der Waals surface area contributed by atoms with Crippen LogP contribution in [0.3, 0.4) is 0 Å². The Balaban J connectivity index is 1.37. The van der Waals surface area contributed by atoms with Gasteiger partial charge in [0.25, 0.3) is 0 Å². The van der Waals surface area contributed by atoms with Gasteiger partial charge in [0.15, 0.2) is 17.3 Å². The molecule has 5 rings (SSSR count). The number of esters is 1. The van der Waals surface area contributed by atoms with E-state index in [0.717, 1.165) is 0 Å². The minimum Gasteiger partial charge on any atom is -0.454 e. The topological polar surface area (TPSA) is 71.1 Å². The molecule has 0 fully saturated rings. The summed E-state index contributed by atoms with van der Waals surface area (Å²) in [5.74, 6) is 0.774. The van der Waals surface area contributed by atoms with E-state index in [1.54, 1.807) is 42.5 Å². The van der Waals surface area contributed by atoms with Crippen LogP contribution in [0.5, 0.6) is 23.0 Å². The number of hydrogen-bond acceptors (Lipinski definition) is 6. The molecule has 0 unspecified atom stereocenters. The summed E-state index contributed by atoms with van der Waals surface area (Å²) < 4.78 is 21.6. The van der Waals surface area contributed by atoms with Crippen LogP contribution in [0.2, 0.25) is 10.0 Å². The fraction of sp³-hybridized carbons (Fsp3) is 0.0435.